The molecule has 0 heterocycles. The van der Waals surface area contributed by atoms with E-state index in [4.69, 9.17) is 33.7 Å². The van der Waals surface area contributed by atoms with Crippen molar-refractivity contribution in [3.8, 4) is 0 Å². The van der Waals surface area contributed by atoms with Gasteiger partial charge in [0.1, 0.15) is 5.60 Å². The lowest BCUT2D eigenvalue weighted by molar-refractivity contribution is -0.167. The Labute approximate surface area is 139 Å². The second-order valence-electron chi connectivity index (χ2n) is 5.95. The van der Waals surface area contributed by atoms with Crippen molar-refractivity contribution in [3.63, 3.8) is 0 Å². The van der Waals surface area contributed by atoms with E-state index in [-0.39, 0.29) is 6.42 Å². The molecule has 0 saturated heterocycles. The third kappa shape index (κ3) is 5.48. The van der Waals surface area contributed by atoms with E-state index in [0.717, 1.165) is 0 Å². The molecule has 0 bridgehead atoms. The summed E-state index contributed by atoms with van der Waals surface area (Å²) in [5.74, 6) is -3.66. The third-order valence-corrected chi connectivity index (χ3v) is 3.41. The van der Waals surface area contributed by atoms with Crippen LogP contribution in [0.4, 0.5) is 0 Å². The minimum Gasteiger partial charge on any atom is -0.481 e. The molecule has 5 nitrogen and oxygen atoms in total. The van der Waals surface area contributed by atoms with Gasteiger partial charge in [0.05, 0.1) is 0 Å². The molecule has 2 atom stereocenters. The number of nitrogens with two attached hydrogens (primary N) is 1. The largest absolute Gasteiger partial charge is 0.481 e. The molecule has 0 aliphatic rings. The Morgan fingerprint density at radius 3 is 2.36 bits per heavy atom. The summed E-state index contributed by atoms with van der Waals surface area (Å²) in [4.78, 5) is 23.4. The number of halogens is 2. The van der Waals surface area contributed by atoms with Crippen molar-refractivity contribution < 1.29 is 19.4 Å². The van der Waals surface area contributed by atoms with Crippen LogP contribution in [0.5, 0.6) is 0 Å². The summed E-state index contributed by atoms with van der Waals surface area (Å²) in [7, 11) is 0. The highest BCUT2D eigenvalue weighted by Crippen LogP contribution is 2.24. The van der Waals surface area contributed by atoms with E-state index < -0.39 is 29.5 Å². The first-order valence-electron chi connectivity index (χ1n) is 6.66. The van der Waals surface area contributed by atoms with E-state index in [2.05, 4.69) is 0 Å². The Balaban J connectivity index is 2.92. The first-order valence-corrected chi connectivity index (χ1v) is 7.42. The lowest BCUT2D eigenvalue weighted by Crippen LogP contribution is -2.45. The van der Waals surface area contributed by atoms with Crippen LogP contribution in [-0.2, 0) is 20.7 Å². The molecule has 0 aliphatic carbocycles. The van der Waals surface area contributed by atoms with Crippen LogP contribution < -0.4 is 5.73 Å². The number of hydrogen-bond acceptors (Lipinski definition) is 4. The fourth-order valence-electron chi connectivity index (χ4n) is 1.88. The van der Waals surface area contributed by atoms with Crippen molar-refractivity contribution in [3.05, 3.63) is 33.8 Å². The molecular weight excluding hydrogens is 329 g/mol. The molecule has 7 heteroatoms. The van der Waals surface area contributed by atoms with E-state index >= 15 is 0 Å². The quantitative estimate of drug-likeness (QED) is 0.631. The minimum absolute atomic E-state index is 0.117. The van der Waals surface area contributed by atoms with Gasteiger partial charge in [-0.2, -0.15) is 0 Å². The number of aliphatic carboxylic acids is 1. The fraction of sp³-hybridized carbons (Fsp3) is 0.467. The molecular formula is C15H19Cl2NO4. The van der Waals surface area contributed by atoms with E-state index in [1.54, 1.807) is 32.9 Å². The maximum Gasteiger partial charge on any atom is 0.322 e. The summed E-state index contributed by atoms with van der Waals surface area (Å²) in [6, 6.07) is 3.84. The standard InChI is InChI=1S/C15H19Cl2NO4/c1-15(2,3)22-14(21)12(13(19)20)11(18)6-8-4-5-9(16)7-10(8)17/h4-5,7,11-12H,6,18H2,1-3H3,(H,19,20)/t11-,12+/m0/s1. The Kier molecular flexibility index (Phi) is 6.23. The summed E-state index contributed by atoms with van der Waals surface area (Å²) in [6.45, 7) is 4.97. The number of esters is 1. The van der Waals surface area contributed by atoms with Crippen LogP contribution in [-0.4, -0.2) is 28.7 Å². The monoisotopic (exact) mass is 347 g/mol. The SMILES string of the molecule is CC(C)(C)OC(=O)[C@@H](C(=O)O)[C@@H](N)Cc1ccc(Cl)cc1Cl. The highest BCUT2D eigenvalue weighted by Gasteiger charge is 2.36. The van der Waals surface area contributed by atoms with Gasteiger partial charge in [0, 0.05) is 16.1 Å². The molecule has 0 spiro atoms. The molecule has 22 heavy (non-hydrogen) atoms. The number of hydrogen-bond donors (Lipinski definition) is 2. The fourth-order valence-corrected chi connectivity index (χ4v) is 2.37. The van der Waals surface area contributed by atoms with Gasteiger partial charge >= 0.3 is 11.9 Å². The van der Waals surface area contributed by atoms with Crippen molar-refractivity contribution in [2.75, 3.05) is 0 Å². The Hall–Kier alpha value is -1.30. The summed E-state index contributed by atoms with van der Waals surface area (Å²) in [6.07, 6.45) is 0.117. The van der Waals surface area contributed by atoms with E-state index in [1.807, 2.05) is 0 Å². The molecule has 3 N–H and O–H groups in total. The number of ether oxygens (including phenoxy) is 1. The van der Waals surface area contributed by atoms with Crippen molar-refractivity contribution in [2.24, 2.45) is 11.7 Å². The normalized spacial score (nSPS) is 14.3. The summed E-state index contributed by atoms with van der Waals surface area (Å²) in [5.41, 5.74) is 5.73. The molecule has 0 radical (unpaired) electrons. The lowest BCUT2D eigenvalue weighted by atomic mass is 9.94. The molecule has 0 fully saturated rings. The van der Waals surface area contributed by atoms with Crippen LogP contribution in [0.3, 0.4) is 0 Å². The van der Waals surface area contributed by atoms with E-state index in [1.165, 1.54) is 6.07 Å². The predicted molar refractivity (Wildman–Crippen MR) is 85.1 cm³/mol. The molecule has 0 aliphatic heterocycles. The highest BCUT2D eigenvalue weighted by molar-refractivity contribution is 6.35. The molecule has 0 unspecified atom stereocenters. The van der Waals surface area contributed by atoms with E-state index in [0.29, 0.717) is 15.6 Å². The lowest BCUT2D eigenvalue weighted by Gasteiger charge is -2.25. The molecule has 1 rings (SSSR count). The van der Waals surface area contributed by atoms with Gasteiger partial charge in [0.25, 0.3) is 0 Å². The zero-order chi connectivity index (χ0) is 17.1. The molecule has 0 aromatic heterocycles. The smallest absolute Gasteiger partial charge is 0.322 e. The highest BCUT2D eigenvalue weighted by atomic mass is 35.5. The van der Waals surface area contributed by atoms with Gasteiger partial charge in [-0.05, 0) is 44.9 Å². The second kappa shape index (κ2) is 7.31. The molecule has 1 aromatic rings. The van der Waals surface area contributed by atoms with Crippen LogP contribution in [0.15, 0.2) is 18.2 Å². The van der Waals surface area contributed by atoms with Crippen LogP contribution >= 0.6 is 23.2 Å². The van der Waals surface area contributed by atoms with E-state index in [9.17, 15) is 14.7 Å². The van der Waals surface area contributed by atoms with Crippen molar-refractivity contribution in [1.82, 2.24) is 0 Å². The second-order valence-corrected chi connectivity index (χ2v) is 6.80. The maximum absolute atomic E-state index is 12.0. The molecule has 1 aromatic carbocycles. The number of benzene rings is 1. The van der Waals surface area contributed by atoms with Gasteiger partial charge in [-0.15, -0.1) is 0 Å². The topological polar surface area (TPSA) is 89.6 Å². The van der Waals surface area contributed by atoms with Crippen LogP contribution in [0.2, 0.25) is 10.0 Å². The number of rotatable bonds is 5. The number of carboxylic acid groups (broad SMARTS) is 1. The zero-order valence-electron chi connectivity index (χ0n) is 12.6. The number of carboxylic acids is 1. The first-order chi connectivity index (χ1) is 10.0. The van der Waals surface area contributed by atoms with Gasteiger partial charge < -0.3 is 15.6 Å². The molecule has 122 valence electrons. The Bertz CT molecular complexity index is 569. The van der Waals surface area contributed by atoms with Crippen LogP contribution in [0.25, 0.3) is 0 Å². The molecule has 0 saturated carbocycles. The minimum atomic E-state index is -1.47. The predicted octanol–water partition coefficient (Wildman–Crippen LogP) is 2.91. The summed E-state index contributed by atoms with van der Waals surface area (Å²) in [5, 5.41) is 10.1. The van der Waals surface area contributed by atoms with Gasteiger partial charge in [-0.25, -0.2) is 0 Å². The number of carbonyl (C=O) groups is 2. The zero-order valence-corrected chi connectivity index (χ0v) is 14.1. The average molecular weight is 348 g/mol. The Morgan fingerprint density at radius 1 is 1.32 bits per heavy atom. The Morgan fingerprint density at radius 2 is 1.91 bits per heavy atom. The average Bonchev–Trinajstić information content (AvgIpc) is 2.29. The van der Waals surface area contributed by atoms with Crippen LogP contribution in [0, 0.1) is 5.92 Å². The molecule has 0 amide bonds. The van der Waals surface area contributed by atoms with Crippen LogP contribution in [0.1, 0.15) is 26.3 Å². The van der Waals surface area contributed by atoms with Crippen molar-refractivity contribution >= 4 is 35.1 Å². The van der Waals surface area contributed by atoms with Gasteiger partial charge in [0.2, 0.25) is 0 Å². The van der Waals surface area contributed by atoms with Gasteiger partial charge in [-0.1, -0.05) is 29.3 Å². The maximum atomic E-state index is 12.0. The first kappa shape index (κ1) is 18.7. The van der Waals surface area contributed by atoms with Gasteiger partial charge in [-0.3, -0.25) is 9.59 Å². The summed E-state index contributed by atoms with van der Waals surface area (Å²) >= 11 is 11.8. The summed E-state index contributed by atoms with van der Waals surface area (Å²) < 4.78 is 5.12. The van der Waals surface area contributed by atoms with Gasteiger partial charge in [0.15, 0.2) is 5.92 Å². The van der Waals surface area contributed by atoms with Crippen molar-refractivity contribution in [2.45, 2.75) is 38.8 Å². The van der Waals surface area contributed by atoms with Crippen molar-refractivity contribution in [1.29, 1.82) is 0 Å². The third-order valence-electron chi connectivity index (χ3n) is 2.83. The number of carbonyl (C=O) groups excluding carboxylic acids is 1.